The van der Waals surface area contributed by atoms with Crippen LogP contribution in [-0.4, -0.2) is 43.3 Å². The first-order chi connectivity index (χ1) is 13.0. The van der Waals surface area contributed by atoms with Gasteiger partial charge in [0.15, 0.2) is 6.10 Å². The fourth-order valence-electron chi connectivity index (χ4n) is 2.59. The second kappa shape index (κ2) is 9.61. The van der Waals surface area contributed by atoms with Crippen LogP contribution in [0.25, 0.3) is 0 Å². The van der Waals surface area contributed by atoms with Gasteiger partial charge in [-0.3, -0.25) is 0 Å². The van der Waals surface area contributed by atoms with Gasteiger partial charge in [0.25, 0.3) is 0 Å². The van der Waals surface area contributed by atoms with E-state index in [2.05, 4.69) is 10.6 Å². The molecule has 8 heteroatoms. The van der Waals surface area contributed by atoms with E-state index >= 15 is 0 Å². The van der Waals surface area contributed by atoms with E-state index in [-0.39, 0.29) is 24.5 Å². The summed E-state index contributed by atoms with van der Waals surface area (Å²) in [6, 6.07) is 7.90. The smallest absolute Gasteiger partial charge is 0.347 e. The van der Waals surface area contributed by atoms with Crippen LogP contribution in [0.15, 0.2) is 41.6 Å². The van der Waals surface area contributed by atoms with Crippen LogP contribution < -0.4 is 15.4 Å². The van der Waals surface area contributed by atoms with Crippen LogP contribution >= 0.6 is 0 Å². The van der Waals surface area contributed by atoms with Crippen molar-refractivity contribution in [2.75, 3.05) is 13.2 Å². The van der Waals surface area contributed by atoms with Crippen molar-refractivity contribution >= 4 is 18.0 Å². The maximum atomic E-state index is 12.3. The second-order valence-corrected chi connectivity index (χ2v) is 5.85. The Balaban J connectivity index is 2.08. The van der Waals surface area contributed by atoms with Gasteiger partial charge in [0.05, 0.1) is 23.9 Å². The zero-order chi connectivity index (χ0) is 19.8. The Morgan fingerprint density at radius 2 is 1.85 bits per heavy atom. The van der Waals surface area contributed by atoms with Crippen molar-refractivity contribution in [1.82, 2.24) is 10.6 Å². The van der Waals surface area contributed by atoms with Crippen LogP contribution in [0.1, 0.15) is 27.2 Å². The molecule has 0 radical (unpaired) electrons. The Kier molecular flexibility index (Phi) is 7.22. The predicted molar refractivity (Wildman–Crippen MR) is 96.9 cm³/mol. The average molecular weight is 376 g/mol. The molecule has 0 unspecified atom stereocenters. The highest BCUT2D eigenvalue weighted by molar-refractivity contribution is 5.95. The Morgan fingerprint density at radius 3 is 2.48 bits per heavy atom. The second-order valence-electron chi connectivity index (χ2n) is 5.85. The predicted octanol–water partition coefficient (Wildman–Crippen LogP) is 1.91. The van der Waals surface area contributed by atoms with Gasteiger partial charge >= 0.3 is 18.0 Å². The van der Waals surface area contributed by atoms with Crippen LogP contribution in [-0.2, 0) is 19.1 Å². The molecular formula is C19H24N2O6. The van der Waals surface area contributed by atoms with Crippen molar-refractivity contribution in [3.63, 3.8) is 0 Å². The first-order valence-electron chi connectivity index (χ1n) is 8.82. The highest BCUT2D eigenvalue weighted by atomic mass is 16.6. The third-order valence-corrected chi connectivity index (χ3v) is 3.89. The molecule has 0 bridgehead atoms. The van der Waals surface area contributed by atoms with Gasteiger partial charge in [-0.05, 0) is 32.4 Å². The topological polar surface area (TPSA) is 103 Å². The molecule has 8 nitrogen and oxygen atoms in total. The minimum atomic E-state index is -0.849. The lowest BCUT2D eigenvalue weighted by Crippen LogP contribution is -2.51. The van der Waals surface area contributed by atoms with Gasteiger partial charge < -0.3 is 24.8 Å². The zero-order valence-corrected chi connectivity index (χ0v) is 15.6. The molecular weight excluding hydrogens is 352 g/mol. The molecule has 0 aromatic heterocycles. The number of esters is 2. The van der Waals surface area contributed by atoms with Crippen molar-refractivity contribution in [1.29, 1.82) is 0 Å². The third kappa shape index (κ3) is 5.47. The lowest BCUT2D eigenvalue weighted by atomic mass is 10.0. The standard InChI is InChI=1S/C19H24N2O6/c1-4-14-16(18(23)25-5-2)15(21-19(24)20-14)11-26-17(22)12(3)27-13-9-7-6-8-10-13/h6-10,12,14H,4-5,11H2,1-3H3,(H2,20,21,24)/t12-,14+/m0/s1. The maximum absolute atomic E-state index is 12.3. The van der Waals surface area contributed by atoms with E-state index in [0.717, 1.165) is 0 Å². The number of para-hydroxylation sites is 1. The molecule has 2 atom stereocenters. The normalized spacial score (nSPS) is 17.4. The highest BCUT2D eigenvalue weighted by Gasteiger charge is 2.32. The molecule has 1 aromatic rings. The number of nitrogens with one attached hydrogen (secondary N) is 2. The van der Waals surface area contributed by atoms with Gasteiger partial charge in [-0.2, -0.15) is 0 Å². The molecule has 0 spiro atoms. The molecule has 1 heterocycles. The summed E-state index contributed by atoms with van der Waals surface area (Å²) in [5.41, 5.74) is 0.465. The minimum absolute atomic E-state index is 0.196. The summed E-state index contributed by atoms with van der Waals surface area (Å²) in [5.74, 6) is -0.638. The van der Waals surface area contributed by atoms with Crippen LogP contribution in [0, 0.1) is 0 Å². The molecule has 0 fully saturated rings. The van der Waals surface area contributed by atoms with Crippen LogP contribution in [0.5, 0.6) is 5.75 Å². The number of hydrogen-bond donors (Lipinski definition) is 2. The number of benzene rings is 1. The van der Waals surface area contributed by atoms with Gasteiger partial charge in [-0.15, -0.1) is 0 Å². The third-order valence-electron chi connectivity index (χ3n) is 3.89. The van der Waals surface area contributed by atoms with Crippen molar-refractivity contribution in [3.8, 4) is 5.75 Å². The summed E-state index contributed by atoms with van der Waals surface area (Å²) in [7, 11) is 0. The minimum Gasteiger partial charge on any atom is -0.479 e. The largest absolute Gasteiger partial charge is 0.479 e. The fourth-order valence-corrected chi connectivity index (χ4v) is 2.59. The SMILES string of the molecule is CCOC(=O)C1=C(COC(=O)[C@H](C)Oc2ccccc2)NC(=O)N[C@@H]1CC. The molecule has 1 aliphatic heterocycles. The number of urea groups is 1. The Hall–Kier alpha value is -3.03. The van der Waals surface area contributed by atoms with Gasteiger partial charge in [-0.25, -0.2) is 14.4 Å². The molecule has 1 aliphatic rings. The fraction of sp³-hybridized carbons (Fsp3) is 0.421. The molecule has 1 aromatic carbocycles. The van der Waals surface area contributed by atoms with E-state index in [4.69, 9.17) is 14.2 Å². The van der Waals surface area contributed by atoms with Gasteiger partial charge in [0.2, 0.25) is 0 Å². The Labute approximate surface area is 157 Å². The number of hydrogen-bond acceptors (Lipinski definition) is 6. The molecule has 0 aliphatic carbocycles. The van der Waals surface area contributed by atoms with Crippen molar-refractivity contribution in [2.24, 2.45) is 0 Å². The van der Waals surface area contributed by atoms with E-state index in [1.54, 1.807) is 38.1 Å². The summed E-state index contributed by atoms with van der Waals surface area (Å²) in [6.07, 6.45) is -0.356. The first-order valence-corrected chi connectivity index (χ1v) is 8.82. The van der Waals surface area contributed by atoms with Crippen LogP contribution in [0.3, 0.4) is 0 Å². The monoisotopic (exact) mass is 376 g/mol. The number of rotatable bonds is 8. The quantitative estimate of drug-likeness (QED) is 0.672. The molecule has 2 N–H and O–H groups in total. The lowest BCUT2D eigenvalue weighted by molar-refractivity contribution is -0.150. The zero-order valence-electron chi connectivity index (χ0n) is 15.6. The van der Waals surface area contributed by atoms with Gasteiger partial charge in [0, 0.05) is 0 Å². The van der Waals surface area contributed by atoms with E-state index in [0.29, 0.717) is 12.2 Å². The average Bonchev–Trinajstić information content (AvgIpc) is 2.66. The number of amides is 2. The number of ether oxygens (including phenoxy) is 3. The van der Waals surface area contributed by atoms with Gasteiger partial charge in [-0.1, -0.05) is 25.1 Å². The molecule has 27 heavy (non-hydrogen) atoms. The number of carbonyl (C=O) groups excluding carboxylic acids is 3. The Bertz CT molecular complexity index is 716. The summed E-state index contributed by atoms with van der Waals surface area (Å²) in [5, 5.41) is 5.18. The lowest BCUT2D eigenvalue weighted by Gasteiger charge is -2.28. The molecule has 2 amide bonds. The highest BCUT2D eigenvalue weighted by Crippen LogP contribution is 2.18. The molecule has 0 saturated heterocycles. The van der Waals surface area contributed by atoms with Gasteiger partial charge in [0.1, 0.15) is 12.4 Å². The van der Waals surface area contributed by atoms with Crippen LogP contribution in [0.2, 0.25) is 0 Å². The summed E-state index contributed by atoms with van der Waals surface area (Å²) in [4.78, 5) is 36.3. The van der Waals surface area contributed by atoms with E-state index in [9.17, 15) is 14.4 Å². The number of carbonyl (C=O) groups is 3. The first kappa shape index (κ1) is 20.3. The van der Waals surface area contributed by atoms with Crippen molar-refractivity contribution in [3.05, 3.63) is 41.6 Å². The van der Waals surface area contributed by atoms with Crippen molar-refractivity contribution in [2.45, 2.75) is 39.3 Å². The van der Waals surface area contributed by atoms with E-state index < -0.39 is 30.1 Å². The Morgan fingerprint density at radius 1 is 1.15 bits per heavy atom. The molecule has 0 saturated carbocycles. The van der Waals surface area contributed by atoms with Crippen LogP contribution in [0.4, 0.5) is 4.79 Å². The summed E-state index contributed by atoms with van der Waals surface area (Å²) >= 11 is 0. The summed E-state index contributed by atoms with van der Waals surface area (Å²) < 4.78 is 15.8. The molecule has 2 rings (SSSR count). The molecule has 146 valence electrons. The van der Waals surface area contributed by atoms with E-state index in [1.165, 1.54) is 0 Å². The maximum Gasteiger partial charge on any atom is 0.347 e. The summed E-state index contributed by atoms with van der Waals surface area (Å²) in [6.45, 7) is 5.01. The van der Waals surface area contributed by atoms with Crippen molar-refractivity contribution < 1.29 is 28.6 Å². The van der Waals surface area contributed by atoms with E-state index in [1.807, 2.05) is 13.0 Å².